The van der Waals surface area contributed by atoms with Crippen LogP contribution < -0.4 is 11.1 Å². The molecule has 0 bridgehead atoms. The molecule has 1 amide bonds. The van der Waals surface area contributed by atoms with E-state index in [-0.39, 0.29) is 12.5 Å². The molecule has 1 heterocycles. The fourth-order valence-electron chi connectivity index (χ4n) is 2.19. The highest BCUT2D eigenvalue weighted by Gasteiger charge is 2.14. The number of nitrogens with two attached hydrogens (primary N) is 1. The monoisotopic (exact) mass is 278 g/mol. The van der Waals surface area contributed by atoms with Gasteiger partial charge in [-0.25, -0.2) is 0 Å². The summed E-state index contributed by atoms with van der Waals surface area (Å²) < 4.78 is 10.8. The third kappa shape index (κ3) is 4.51. The predicted molar refractivity (Wildman–Crippen MR) is 78.6 cm³/mol. The topological polar surface area (TPSA) is 73.6 Å². The zero-order valence-electron chi connectivity index (χ0n) is 11.9. The molecular weight excluding hydrogens is 256 g/mol. The number of amides is 1. The fraction of sp³-hybridized carbons (Fsp3) is 0.533. The van der Waals surface area contributed by atoms with Crippen molar-refractivity contribution in [2.75, 3.05) is 37.5 Å². The number of benzene rings is 1. The lowest BCUT2D eigenvalue weighted by Crippen LogP contribution is -2.24. The van der Waals surface area contributed by atoms with Crippen LogP contribution in [0.2, 0.25) is 0 Å². The van der Waals surface area contributed by atoms with Crippen molar-refractivity contribution in [1.29, 1.82) is 0 Å². The summed E-state index contributed by atoms with van der Waals surface area (Å²) in [6.07, 6.45) is 2.02. The summed E-state index contributed by atoms with van der Waals surface area (Å²) in [4.78, 5) is 11.8. The molecule has 1 saturated heterocycles. The third-order valence-electron chi connectivity index (χ3n) is 3.46. The molecule has 0 atom stereocenters. The van der Waals surface area contributed by atoms with E-state index in [9.17, 15) is 4.79 Å². The Morgan fingerprint density at radius 2 is 2.20 bits per heavy atom. The van der Waals surface area contributed by atoms with Crippen LogP contribution in [-0.4, -0.2) is 32.3 Å². The largest absolute Gasteiger partial charge is 0.399 e. The quantitative estimate of drug-likeness (QED) is 0.807. The minimum atomic E-state index is -0.147. The van der Waals surface area contributed by atoms with Gasteiger partial charge in [0, 0.05) is 24.6 Å². The van der Waals surface area contributed by atoms with Gasteiger partial charge in [0.25, 0.3) is 0 Å². The van der Waals surface area contributed by atoms with E-state index in [0.29, 0.717) is 18.2 Å². The van der Waals surface area contributed by atoms with Gasteiger partial charge in [0.2, 0.25) is 5.91 Å². The molecule has 0 unspecified atom stereocenters. The Balaban J connectivity index is 1.73. The lowest BCUT2D eigenvalue weighted by Gasteiger charge is -2.21. The van der Waals surface area contributed by atoms with Crippen LogP contribution in [0.4, 0.5) is 11.4 Å². The molecule has 1 fully saturated rings. The zero-order valence-corrected chi connectivity index (χ0v) is 11.9. The van der Waals surface area contributed by atoms with Crippen molar-refractivity contribution in [1.82, 2.24) is 0 Å². The molecule has 20 heavy (non-hydrogen) atoms. The first kappa shape index (κ1) is 14.8. The summed E-state index contributed by atoms with van der Waals surface area (Å²) in [6.45, 7) is 4.21. The van der Waals surface area contributed by atoms with Crippen LogP contribution in [0.1, 0.15) is 18.4 Å². The van der Waals surface area contributed by atoms with Crippen LogP contribution in [-0.2, 0) is 14.3 Å². The molecule has 5 heteroatoms. The van der Waals surface area contributed by atoms with Crippen LogP contribution in [0.3, 0.4) is 0 Å². The summed E-state index contributed by atoms with van der Waals surface area (Å²) >= 11 is 0. The van der Waals surface area contributed by atoms with Crippen LogP contribution in [0.5, 0.6) is 0 Å². The lowest BCUT2D eigenvalue weighted by molar-refractivity contribution is -0.121. The molecule has 3 N–H and O–H groups in total. The first-order chi connectivity index (χ1) is 9.65. The Labute approximate surface area is 119 Å². The van der Waals surface area contributed by atoms with E-state index in [0.717, 1.165) is 37.3 Å². The van der Waals surface area contributed by atoms with Crippen LogP contribution in [0.15, 0.2) is 18.2 Å². The number of carbonyl (C=O) groups excluding carboxylic acids is 1. The SMILES string of the molecule is Cc1ccc(N)cc1NC(=O)COCC1CCOCC1. The van der Waals surface area contributed by atoms with Gasteiger partial charge in [0.05, 0.1) is 6.61 Å². The van der Waals surface area contributed by atoms with Gasteiger partial charge in [-0.2, -0.15) is 0 Å². The molecule has 1 aliphatic heterocycles. The van der Waals surface area contributed by atoms with Crippen LogP contribution >= 0.6 is 0 Å². The van der Waals surface area contributed by atoms with Crippen molar-refractivity contribution >= 4 is 17.3 Å². The third-order valence-corrected chi connectivity index (χ3v) is 3.46. The average molecular weight is 278 g/mol. The summed E-state index contributed by atoms with van der Waals surface area (Å²) in [7, 11) is 0. The van der Waals surface area contributed by atoms with E-state index in [2.05, 4.69) is 5.32 Å². The minimum Gasteiger partial charge on any atom is -0.399 e. The molecular formula is C15H22N2O3. The van der Waals surface area contributed by atoms with Crippen molar-refractivity contribution in [2.45, 2.75) is 19.8 Å². The van der Waals surface area contributed by atoms with Crippen LogP contribution in [0.25, 0.3) is 0 Å². The molecule has 2 rings (SSSR count). The molecule has 1 aromatic rings. The summed E-state index contributed by atoms with van der Waals surface area (Å²) in [6, 6.07) is 5.45. The van der Waals surface area contributed by atoms with Crippen molar-refractivity contribution in [2.24, 2.45) is 5.92 Å². The Bertz CT molecular complexity index is 456. The fourth-order valence-corrected chi connectivity index (χ4v) is 2.19. The van der Waals surface area contributed by atoms with Gasteiger partial charge in [-0.05, 0) is 43.4 Å². The van der Waals surface area contributed by atoms with Crippen molar-refractivity contribution in [3.8, 4) is 0 Å². The van der Waals surface area contributed by atoms with E-state index in [4.69, 9.17) is 15.2 Å². The number of nitrogen functional groups attached to an aromatic ring is 1. The summed E-state index contributed by atoms with van der Waals surface area (Å²) in [5, 5.41) is 2.82. The number of ether oxygens (including phenoxy) is 2. The smallest absolute Gasteiger partial charge is 0.250 e. The molecule has 0 saturated carbocycles. The molecule has 0 radical (unpaired) electrons. The molecule has 0 spiro atoms. The molecule has 0 aromatic heterocycles. The van der Waals surface area contributed by atoms with Crippen molar-refractivity contribution in [3.05, 3.63) is 23.8 Å². The van der Waals surface area contributed by atoms with Gasteiger partial charge < -0.3 is 20.5 Å². The number of anilines is 2. The van der Waals surface area contributed by atoms with E-state index in [1.807, 2.05) is 19.1 Å². The molecule has 1 aliphatic rings. The maximum atomic E-state index is 11.8. The maximum absolute atomic E-state index is 11.8. The molecule has 5 nitrogen and oxygen atoms in total. The molecule has 0 aliphatic carbocycles. The van der Waals surface area contributed by atoms with Crippen molar-refractivity contribution < 1.29 is 14.3 Å². The number of hydrogen-bond acceptors (Lipinski definition) is 4. The van der Waals surface area contributed by atoms with Gasteiger partial charge in [-0.15, -0.1) is 0 Å². The summed E-state index contributed by atoms with van der Waals surface area (Å²) in [5.41, 5.74) is 8.06. The van der Waals surface area contributed by atoms with Crippen LogP contribution in [0, 0.1) is 12.8 Å². The van der Waals surface area contributed by atoms with E-state index >= 15 is 0 Å². The number of hydrogen-bond donors (Lipinski definition) is 2. The standard InChI is InChI=1S/C15H22N2O3/c1-11-2-3-13(16)8-14(11)17-15(18)10-20-9-12-4-6-19-7-5-12/h2-3,8,12H,4-7,9-10,16H2,1H3,(H,17,18). The van der Waals surface area contributed by atoms with Crippen molar-refractivity contribution in [3.63, 3.8) is 0 Å². The second-order valence-electron chi connectivity index (χ2n) is 5.19. The highest BCUT2D eigenvalue weighted by molar-refractivity contribution is 5.92. The number of nitrogens with one attached hydrogen (secondary N) is 1. The Hall–Kier alpha value is -1.59. The lowest BCUT2D eigenvalue weighted by atomic mass is 10.0. The normalized spacial score (nSPS) is 16.1. The number of carbonyl (C=O) groups is 1. The maximum Gasteiger partial charge on any atom is 0.250 e. The van der Waals surface area contributed by atoms with E-state index in [1.54, 1.807) is 6.07 Å². The first-order valence-electron chi connectivity index (χ1n) is 6.96. The molecule has 110 valence electrons. The molecule has 1 aromatic carbocycles. The Kier molecular flexibility index (Phi) is 5.38. The van der Waals surface area contributed by atoms with Gasteiger partial charge in [-0.3, -0.25) is 4.79 Å². The van der Waals surface area contributed by atoms with Gasteiger partial charge in [0.1, 0.15) is 6.61 Å². The first-order valence-corrected chi connectivity index (χ1v) is 6.96. The predicted octanol–water partition coefficient (Wildman–Crippen LogP) is 1.96. The Morgan fingerprint density at radius 3 is 2.95 bits per heavy atom. The summed E-state index contributed by atoms with van der Waals surface area (Å²) in [5.74, 6) is 0.358. The highest BCUT2D eigenvalue weighted by atomic mass is 16.5. The second-order valence-corrected chi connectivity index (χ2v) is 5.19. The van der Waals surface area contributed by atoms with E-state index in [1.165, 1.54) is 0 Å². The van der Waals surface area contributed by atoms with Gasteiger partial charge in [0.15, 0.2) is 0 Å². The minimum absolute atomic E-state index is 0.0750. The number of aryl methyl sites for hydroxylation is 1. The Morgan fingerprint density at radius 1 is 1.45 bits per heavy atom. The van der Waals surface area contributed by atoms with Gasteiger partial charge >= 0.3 is 0 Å². The number of rotatable bonds is 5. The van der Waals surface area contributed by atoms with E-state index < -0.39 is 0 Å². The zero-order chi connectivity index (χ0) is 14.4. The average Bonchev–Trinajstić information content (AvgIpc) is 2.44. The highest BCUT2D eigenvalue weighted by Crippen LogP contribution is 2.18. The van der Waals surface area contributed by atoms with Gasteiger partial charge in [-0.1, -0.05) is 6.07 Å². The second kappa shape index (κ2) is 7.26.